The molecule has 3 aromatic rings. The lowest BCUT2D eigenvalue weighted by Crippen LogP contribution is -2.29. The van der Waals surface area contributed by atoms with E-state index in [9.17, 15) is 4.79 Å². The van der Waals surface area contributed by atoms with Gasteiger partial charge in [-0.2, -0.15) is 0 Å². The highest BCUT2D eigenvalue weighted by Gasteiger charge is 2.33. The number of amides is 1. The molecule has 3 heterocycles. The number of carbonyl (C=O) groups is 1. The van der Waals surface area contributed by atoms with Gasteiger partial charge < -0.3 is 18.9 Å². The van der Waals surface area contributed by atoms with Crippen LogP contribution in [0, 0.1) is 6.92 Å². The first-order chi connectivity index (χ1) is 14.1. The van der Waals surface area contributed by atoms with Gasteiger partial charge in [0.05, 0.1) is 5.02 Å². The Labute approximate surface area is 173 Å². The Morgan fingerprint density at radius 2 is 2.00 bits per heavy atom. The molecule has 0 bridgehead atoms. The van der Waals surface area contributed by atoms with Crippen molar-refractivity contribution in [1.82, 2.24) is 10.1 Å². The van der Waals surface area contributed by atoms with Crippen molar-refractivity contribution >= 4 is 17.5 Å². The highest BCUT2D eigenvalue weighted by Crippen LogP contribution is 2.38. The number of carbonyl (C=O) groups excluding carboxylic acids is 1. The molecule has 1 aromatic heterocycles. The first-order valence-electron chi connectivity index (χ1n) is 9.52. The summed E-state index contributed by atoms with van der Waals surface area (Å²) in [6, 6.07) is 13.3. The first kappa shape index (κ1) is 18.1. The van der Waals surface area contributed by atoms with Gasteiger partial charge in [-0.1, -0.05) is 41.0 Å². The topological polar surface area (TPSA) is 64.8 Å². The third-order valence-electron chi connectivity index (χ3n) is 5.55. The summed E-state index contributed by atoms with van der Waals surface area (Å²) in [6.07, 6.45) is 0.886. The van der Waals surface area contributed by atoms with E-state index in [-0.39, 0.29) is 18.6 Å². The number of halogens is 1. The molecule has 2 aliphatic rings. The molecule has 0 radical (unpaired) electrons. The van der Waals surface area contributed by atoms with E-state index in [4.69, 9.17) is 25.6 Å². The second-order valence-corrected chi connectivity index (χ2v) is 7.70. The normalized spacial score (nSPS) is 17.7. The van der Waals surface area contributed by atoms with Crippen LogP contribution in [-0.4, -0.2) is 35.8 Å². The van der Waals surface area contributed by atoms with Gasteiger partial charge in [-0.15, -0.1) is 0 Å². The van der Waals surface area contributed by atoms with E-state index in [0.29, 0.717) is 40.7 Å². The number of fused-ring (bicyclic) bond motifs is 1. The third kappa shape index (κ3) is 3.13. The van der Waals surface area contributed by atoms with E-state index in [1.807, 2.05) is 41.3 Å². The number of nitrogens with zero attached hydrogens (tertiary/aromatic N) is 2. The molecule has 1 fully saturated rings. The number of benzene rings is 2. The summed E-state index contributed by atoms with van der Waals surface area (Å²) in [7, 11) is 0. The van der Waals surface area contributed by atoms with Gasteiger partial charge in [0.1, 0.15) is 17.0 Å². The van der Waals surface area contributed by atoms with Crippen molar-refractivity contribution in [3.05, 3.63) is 64.4 Å². The van der Waals surface area contributed by atoms with E-state index in [2.05, 4.69) is 5.16 Å². The lowest BCUT2D eigenvalue weighted by molar-refractivity contribution is 0.0789. The fraction of sp³-hybridized carbons (Fsp3) is 0.273. The zero-order valence-electron chi connectivity index (χ0n) is 15.9. The lowest BCUT2D eigenvalue weighted by atomic mass is 9.98. The fourth-order valence-electron chi connectivity index (χ4n) is 4.00. The van der Waals surface area contributed by atoms with Gasteiger partial charge in [0.15, 0.2) is 11.5 Å². The molecular weight excluding hydrogens is 392 g/mol. The Hall–Kier alpha value is -2.99. The van der Waals surface area contributed by atoms with E-state index >= 15 is 0 Å². The van der Waals surface area contributed by atoms with Gasteiger partial charge in [0.25, 0.3) is 5.91 Å². The average Bonchev–Trinajstić information content (AvgIpc) is 3.47. The molecule has 1 atom stereocenters. The SMILES string of the molecule is Cc1onc(-c2ccccc2Cl)c1C(=O)N1CCC(c2ccc3c(c2)OCO3)C1. The highest BCUT2D eigenvalue weighted by atomic mass is 35.5. The number of likely N-dealkylation sites (tertiary alicyclic amines) is 1. The summed E-state index contributed by atoms with van der Waals surface area (Å²) in [4.78, 5) is 15.2. The summed E-state index contributed by atoms with van der Waals surface area (Å²) >= 11 is 6.33. The van der Waals surface area contributed by atoms with E-state index < -0.39 is 0 Å². The summed E-state index contributed by atoms with van der Waals surface area (Å²) < 4.78 is 16.2. The maximum atomic E-state index is 13.3. The second kappa shape index (κ2) is 7.12. The molecule has 1 unspecified atom stereocenters. The van der Waals surface area contributed by atoms with Crippen LogP contribution in [0.1, 0.15) is 34.0 Å². The first-order valence-corrected chi connectivity index (χ1v) is 9.89. The molecule has 7 heteroatoms. The van der Waals surface area contributed by atoms with Crippen molar-refractivity contribution in [3.63, 3.8) is 0 Å². The lowest BCUT2D eigenvalue weighted by Gasteiger charge is -2.17. The van der Waals surface area contributed by atoms with Crippen LogP contribution in [0.3, 0.4) is 0 Å². The van der Waals surface area contributed by atoms with Crippen LogP contribution < -0.4 is 9.47 Å². The largest absolute Gasteiger partial charge is 0.454 e. The summed E-state index contributed by atoms with van der Waals surface area (Å²) in [5, 5.41) is 4.66. The number of aromatic nitrogens is 1. The monoisotopic (exact) mass is 410 g/mol. The molecule has 0 aliphatic carbocycles. The Balaban J connectivity index is 1.40. The average molecular weight is 411 g/mol. The smallest absolute Gasteiger partial charge is 0.259 e. The zero-order valence-corrected chi connectivity index (χ0v) is 16.6. The van der Waals surface area contributed by atoms with Crippen molar-refractivity contribution in [2.75, 3.05) is 19.9 Å². The summed E-state index contributed by atoms with van der Waals surface area (Å²) in [6.45, 7) is 3.31. The van der Waals surface area contributed by atoms with E-state index in [0.717, 1.165) is 23.5 Å². The molecule has 148 valence electrons. The van der Waals surface area contributed by atoms with Crippen LogP contribution in [0.4, 0.5) is 0 Å². The Morgan fingerprint density at radius 3 is 2.86 bits per heavy atom. The van der Waals surface area contributed by atoms with E-state index in [1.165, 1.54) is 0 Å². The van der Waals surface area contributed by atoms with E-state index in [1.54, 1.807) is 13.0 Å². The van der Waals surface area contributed by atoms with Crippen molar-refractivity contribution in [3.8, 4) is 22.8 Å². The maximum absolute atomic E-state index is 13.3. The third-order valence-corrected chi connectivity index (χ3v) is 5.88. The molecule has 1 amide bonds. The van der Waals surface area contributed by atoms with Crippen LogP contribution in [0.25, 0.3) is 11.3 Å². The predicted molar refractivity (Wildman–Crippen MR) is 108 cm³/mol. The minimum absolute atomic E-state index is 0.0816. The molecule has 6 nitrogen and oxygen atoms in total. The molecule has 29 heavy (non-hydrogen) atoms. The predicted octanol–water partition coefficient (Wildman–Crippen LogP) is 4.66. The van der Waals surface area contributed by atoms with Crippen LogP contribution in [0.5, 0.6) is 11.5 Å². The Morgan fingerprint density at radius 1 is 1.17 bits per heavy atom. The molecule has 0 saturated carbocycles. The van der Waals surface area contributed by atoms with Gasteiger partial charge >= 0.3 is 0 Å². The molecule has 0 spiro atoms. The van der Waals surface area contributed by atoms with Gasteiger partial charge in [-0.3, -0.25) is 4.79 Å². The number of ether oxygens (including phenoxy) is 2. The zero-order chi connectivity index (χ0) is 20.0. The van der Waals surface area contributed by atoms with Gasteiger partial charge in [0, 0.05) is 24.6 Å². The van der Waals surface area contributed by atoms with Crippen molar-refractivity contribution in [1.29, 1.82) is 0 Å². The van der Waals surface area contributed by atoms with Gasteiger partial charge in [-0.25, -0.2) is 0 Å². The standard InChI is InChI=1S/C22H19ClN2O4/c1-13-20(21(24-29-13)16-4-2-3-5-17(16)23)22(26)25-9-8-15(11-25)14-6-7-18-19(10-14)28-12-27-18/h2-7,10,15H,8-9,11-12H2,1H3. The Kier molecular flexibility index (Phi) is 4.43. The summed E-state index contributed by atoms with van der Waals surface area (Å²) in [5.41, 5.74) is 2.81. The minimum Gasteiger partial charge on any atom is -0.454 e. The van der Waals surface area contributed by atoms with Crippen molar-refractivity contribution in [2.24, 2.45) is 0 Å². The van der Waals surface area contributed by atoms with Gasteiger partial charge in [0.2, 0.25) is 6.79 Å². The van der Waals surface area contributed by atoms with Crippen LogP contribution in [-0.2, 0) is 0 Å². The summed E-state index contributed by atoms with van der Waals surface area (Å²) in [5.74, 6) is 2.20. The Bertz CT molecular complexity index is 1090. The molecule has 1 saturated heterocycles. The van der Waals surface area contributed by atoms with Crippen molar-refractivity contribution < 1.29 is 18.8 Å². The van der Waals surface area contributed by atoms with Crippen LogP contribution >= 0.6 is 11.6 Å². The quantitative estimate of drug-likeness (QED) is 0.628. The number of hydrogen-bond acceptors (Lipinski definition) is 5. The maximum Gasteiger partial charge on any atom is 0.259 e. The molecule has 0 N–H and O–H groups in total. The van der Waals surface area contributed by atoms with Gasteiger partial charge in [-0.05, 0) is 37.1 Å². The second-order valence-electron chi connectivity index (χ2n) is 7.29. The number of rotatable bonds is 3. The minimum atomic E-state index is -0.0816. The highest BCUT2D eigenvalue weighted by molar-refractivity contribution is 6.33. The number of aryl methyl sites for hydroxylation is 1. The molecule has 2 aliphatic heterocycles. The molecule has 2 aromatic carbocycles. The molecule has 5 rings (SSSR count). The number of hydrogen-bond donors (Lipinski definition) is 0. The van der Waals surface area contributed by atoms with Crippen LogP contribution in [0.2, 0.25) is 5.02 Å². The van der Waals surface area contributed by atoms with Crippen molar-refractivity contribution in [2.45, 2.75) is 19.3 Å². The van der Waals surface area contributed by atoms with Crippen LogP contribution in [0.15, 0.2) is 47.0 Å². The molecular formula is C22H19ClN2O4. The fourth-order valence-corrected chi connectivity index (χ4v) is 4.23.